The van der Waals surface area contributed by atoms with E-state index in [-0.39, 0.29) is 34.8 Å². The highest BCUT2D eigenvalue weighted by Crippen LogP contribution is 2.28. The average molecular weight is 644 g/mol. The van der Waals surface area contributed by atoms with Crippen molar-refractivity contribution in [2.24, 2.45) is 0 Å². The zero-order valence-corrected chi connectivity index (χ0v) is 24.9. The number of carbonyl (C=O) groups excluding carboxylic acids is 2. The molecule has 1 aliphatic carbocycles. The third kappa shape index (κ3) is 7.50. The third-order valence-electron chi connectivity index (χ3n) is 7.07. The van der Waals surface area contributed by atoms with Crippen LogP contribution in [-0.4, -0.2) is 48.7 Å². The first kappa shape index (κ1) is 30.2. The van der Waals surface area contributed by atoms with E-state index in [9.17, 15) is 28.1 Å². The van der Waals surface area contributed by atoms with Gasteiger partial charge in [0.05, 0.1) is 15.5 Å². The zero-order valence-electron chi connectivity index (χ0n) is 22.5. The van der Waals surface area contributed by atoms with E-state index in [1.165, 1.54) is 35.2 Å². The van der Waals surface area contributed by atoms with Gasteiger partial charge in [-0.2, -0.15) is 0 Å². The van der Waals surface area contributed by atoms with Crippen molar-refractivity contribution < 1.29 is 22.9 Å². The number of hydrogen-bond donors (Lipinski definition) is 1. The monoisotopic (exact) mass is 642 g/mol. The molecule has 0 unspecified atom stereocenters. The quantitative estimate of drug-likeness (QED) is 0.231. The molecule has 216 valence electrons. The first-order valence-corrected chi connectivity index (χ1v) is 15.5. The molecule has 4 rings (SSSR count). The Balaban J connectivity index is 1.70. The van der Waals surface area contributed by atoms with Crippen LogP contribution >= 0.6 is 15.9 Å². The van der Waals surface area contributed by atoms with E-state index >= 15 is 0 Å². The topological polar surface area (TPSA) is 130 Å². The van der Waals surface area contributed by atoms with E-state index in [0.717, 1.165) is 46.1 Å². The first-order chi connectivity index (χ1) is 19.6. The van der Waals surface area contributed by atoms with Gasteiger partial charge < -0.3 is 10.2 Å². The Morgan fingerprint density at radius 2 is 1.68 bits per heavy atom. The largest absolute Gasteiger partial charge is 0.352 e. The number of nitrogens with zero attached hydrogens (tertiary/aromatic N) is 3. The predicted molar refractivity (Wildman–Crippen MR) is 159 cm³/mol. The van der Waals surface area contributed by atoms with Gasteiger partial charge in [-0.05, 0) is 55.7 Å². The molecule has 2 amide bonds. The van der Waals surface area contributed by atoms with Gasteiger partial charge in [-0.3, -0.25) is 24.0 Å². The van der Waals surface area contributed by atoms with Crippen molar-refractivity contribution in [3.8, 4) is 0 Å². The number of hydrogen-bond acceptors (Lipinski definition) is 6. The van der Waals surface area contributed by atoms with Gasteiger partial charge in [0.25, 0.3) is 15.7 Å². The van der Waals surface area contributed by atoms with Crippen LogP contribution in [0, 0.1) is 10.1 Å². The standard InChI is InChI=1S/C29H31BrN4O6S/c1-21(29(36)31-24-8-5-6-9-24)32(19-22-14-16-23(30)17-15-22)28(35)20-33(25-10-7-11-26(18-25)34(37)38)41(39,40)27-12-3-2-4-13-27/h2-4,7,10-18,21,24H,5-6,8-9,19-20H2,1H3,(H,31,36)/t21-/m1/s1. The van der Waals surface area contributed by atoms with Gasteiger partial charge >= 0.3 is 0 Å². The maximum atomic E-state index is 14.0. The minimum absolute atomic E-state index is 0.0365. The molecule has 3 aromatic carbocycles. The number of sulfonamides is 1. The Hall–Kier alpha value is -3.77. The van der Waals surface area contributed by atoms with Crippen LogP contribution in [0.3, 0.4) is 0 Å². The lowest BCUT2D eigenvalue weighted by molar-refractivity contribution is -0.384. The summed E-state index contributed by atoms with van der Waals surface area (Å²) in [4.78, 5) is 39.3. The maximum Gasteiger partial charge on any atom is 0.271 e. The van der Waals surface area contributed by atoms with E-state index < -0.39 is 33.4 Å². The summed E-state index contributed by atoms with van der Waals surface area (Å²) in [5.41, 5.74) is 0.386. The summed E-state index contributed by atoms with van der Waals surface area (Å²) in [6, 6.07) is 19.0. The van der Waals surface area contributed by atoms with Crippen LogP contribution in [0.5, 0.6) is 0 Å². The summed E-state index contributed by atoms with van der Waals surface area (Å²) >= 11 is 3.39. The fourth-order valence-corrected chi connectivity index (χ4v) is 6.46. The lowest BCUT2D eigenvalue weighted by Crippen LogP contribution is -2.52. The van der Waals surface area contributed by atoms with Gasteiger partial charge in [-0.15, -0.1) is 0 Å². The molecule has 1 aliphatic rings. The number of carbonyl (C=O) groups is 2. The number of nitro groups is 1. The van der Waals surface area contributed by atoms with Gasteiger partial charge in [-0.1, -0.05) is 65.2 Å². The minimum Gasteiger partial charge on any atom is -0.352 e. The number of nitrogens with one attached hydrogen (secondary N) is 1. The molecule has 1 atom stereocenters. The van der Waals surface area contributed by atoms with Gasteiger partial charge in [0, 0.05) is 29.2 Å². The molecular formula is C29H31BrN4O6S. The van der Waals surface area contributed by atoms with Crippen molar-refractivity contribution >= 4 is 49.1 Å². The molecule has 0 spiro atoms. The second kappa shape index (κ2) is 13.3. The average Bonchev–Trinajstić information content (AvgIpc) is 3.48. The lowest BCUT2D eigenvalue weighted by Gasteiger charge is -2.32. The SMILES string of the molecule is C[C@H](C(=O)NC1CCCC1)N(Cc1ccc(Br)cc1)C(=O)CN(c1cccc([N+](=O)[O-])c1)S(=O)(=O)c1ccccc1. The normalized spacial score (nSPS) is 14.3. The van der Waals surface area contributed by atoms with Crippen LogP contribution in [-0.2, 0) is 26.2 Å². The van der Waals surface area contributed by atoms with Gasteiger partial charge in [-0.25, -0.2) is 8.42 Å². The van der Waals surface area contributed by atoms with E-state index in [1.807, 2.05) is 24.3 Å². The third-order valence-corrected chi connectivity index (χ3v) is 9.39. The van der Waals surface area contributed by atoms with Crippen LogP contribution in [0.15, 0.2) is 88.2 Å². The molecule has 0 aliphatic heterocycles. The molecule has 3 aromatic rings. The Labute approximate surface area is 247 Å². The molecule has 1 fully saturated rings. The van der Waals surface area contributed by atoms with Crippen molar-refractivity contribution in [2.45, 2.75) is 56.1 Å². The van der Waals surface area contributed by atoms with Crippen LogP contribution in [0.2, 0.25) is 0 Å². The number of rotatable bonds is 11. The molecule has 0 aromatic heterocycles. The summed E-state index contributed by atoms with van der Waals surface area (Å²) in [6.45, 7) is 1.000. The Morgan fingerprint density at radius 1 is 1.02 bits per heavy atom. The summed E-state index contributed by atoms with van der Waals surface area (Å²) in [5, 5.41) is 14.5. The summed E-state index contributed by atoms with van der Waals surface area (Å²) < 4.78 is 29.3. The van der Waals surface area contributed by atoms with Crippen molar-refractivity contribution in [1.82, 2.24) is 10.2 Å². The molecule has 0 saturated heterocycles. The van der Waals surface area contributed by atoms with Gasteiger partial charge in [0.1, 0.15) is 12.6 Å². The Bertz CT molecular complexity index is 1500. The molecule has 1 N–H and O–H groups in total. The smallest absolute Gasteiger partial charge is 0.271 e. The van der Waals surface area contributed by atoms with Crippen LogP contribution in [0.1, 0.15) is 38.2 Å². The second-order valence-electron chi connectivity index (χ2n) is 9.92. The highest BCUT2D eigenvalue weighted by atomic mass is 79.9. The molecule has 10 nitrogen and oxygen atoms in total. The van der Waals surface area contributed by atoms with Crippen molar-refractivity contribution in [2.75, 3.05) is 10.8 Å². The number of amides is 2. The zero-order chi connectivity index (χ0) is 29.6. The molecule has 12 heteroatoms. The highest BCUT2D eigenvalue weighted by molar-refractivity contribution is 9.10. The predicted octanol–water partition coefficient (Wildman–Crippen LogP) is 5.03. The summed E-state index contributed by atoms with van der Waals surface area (Å²) in [5.74, 6) is -0.955. The highest BCUT2D eigenvalue weighted by Gasteiger charge is 2.33. The number of nitro benzene ring substituents is 1. The number of benzene rings is 3. The van der Waals surface area contributed by atoms with Gasteiger partial charge in [0.2, 0.25) is 11.8 Å². The van der Waals surface area contributed by atoms with E-state index in [4.69, 9.17) is 0 Å². The van der Waals surface area contributed by atoms with Crippen molar-refractivity contribution in [1.29, 1.82) is 0 Å². The Kier molecular flexibility index (Phi) is 9.77. The number of non-ortho nitro benzene ring substituents is 1. The summed E-state index contributed by atoms with van der Waals surface area (Å²) in [7, 11) is -4.31. The van der Waals surface area contributed by atoms with E-state index in [0.29, 0.717) is 0 Å². The van der Waals surface area contributed by atoms with Gasteiger partial charge in [0.15, 0.2) is 0 Å². The molecular weight excluding hydrogens is 612 g/mol. The van der Waals surface area contributed by atoms with Crippen LogP contribution in [0.4, 0.5) is 11.4 Å². The molecule has 0 radical (unpaired) electrons. The molecule has 0 bridgehead atoms. The minimum atomic E-state index is -4.31. The van der Waals surface area contributed by atoms with Crippen LogP contribution in [0.25, 0.3) is 0 Å². The van der Waals surface area contributed by atoms with Crippen molar-refractivity contribution in [3.05, 3.63) is 99.0 Å². The molecule has 41 heavy (non-hydrogen) atoms. The maximum absolute atomic E-state index is 14.0. The Morgan fingerprint density at radius 3 is 2.32 bits per heavy atom. The van der Waals surface area contributed by atoms with E-state index in [1.54, 1.807) is 25.1 Å². The fourth-order valence-electron chi connectivity index (χ4n) is 4.77. The number of halogens is 1. The fraction of sp³-hybridized carbons (Fsp3) is 0.310. The van der Waals surface area contributed by atoms with E-state index in [2.05, 4.69) is 21.2 Å². The van der Waals surface area contributed by atoms with Crippen LogP contribution < -0.4 is 9.62 Å². The second-order valence-corrected chi connectivity index (χ2v) is 12.7. The first-order valence-electron chi connectivity index (χ1n) is 13.2. The molecule has 1 saturated carbocycles. The van der Waals surface area contributed by atoms with Crippen molar-refractivity contribution in [3.63, 3.8) is 0 Å². The number of anilines is 1. The lowest BCUT2D eigenvalue weighted by atomic mass is 10.1. The summed E-state index contributed by atoms with van der Waals surface area (Å²) in [6.07, 6.45) is 3.79. The molecule has 0 heterocycles.